The molecule has 1 aromatic carbocycles. The van der Waals surface area contributed by atoms with E-state index >= 15 is 0 Å². The number of carbonyl (C=O) groups excluding carboxylic acids is 1. The third kappa shape index (κ3) is 5.30. The van der Waals surface area contributed by atoms with Gasteiger partial charge in [0.1, 0.15) is 0 Å². The highest BCUT2D eigenvalue weighted by atomic mass is 35.5. The second kappa shape index (κ2) is 7.77. The number of amides is 1. The minimum absolute atomic E-state index is 0. The lowest BCUT2D eigenvalue weighted by Crippen LogP contribution is -2.23. The molecule has 1 amide bonds. The van der Waals surface area contributed by atoms with Gasteiger partial charge in [-0.25, -0.2) is 8.42 Å². The van der Waals surface area contributed by atoms with Crippen molar-refractivity contribution in [2.45, 2.75) is 19.9 Å². The summed E-state index contributed by atoms with van der Waals surface area (Å²) in [7, 11) is -3.02. The average Bonchev–Trinajstić information content (AvgIpc) is 2.77. The Hall–Kier alpha value is -1.11. The van der Waals surface area contributed by atoms with Crippen LogP contribution in [0.25, 0.3) is 0 Å². The molecule has 1 atom stereocenters. The Morgan fingerprint density at radius 1 is 1.38 bits per heavy atom. The normalized spacial score (nSPS) is 19.8. The van der Waals surface area contributed by atoms with Gasteiger partial charge in [0.2, 0.25) is 5.91 Å². The van der Waals surface area contributed by atoms with Gasteiger partial charge in [0.25, 0.3) is 0 Å². The van der Waals surface area contributed by atoms with Crippen LogP contribution in [0.4, 0.5) is 5.69 Å². The molecule has 2 rings (SSSR count). The Kier molecular flexibility index (Phi) is 6.64. The van der Waals surface area contributed by atoms with E-state index in [2.05, 4.69) is 10.6 Å². The van der Waals surface area contributed by atoms with E-state index in [1.54, 1.807) is 0 Å². The molecule has 118 valence electrons. The van der Waals surface area contributed by atoms with Crippen LogP contribution < -0.4 is 10.6 Å². The van der Waals surface area contributed by atoms with E-state index in [1.807, 2.05) is 31.2 Å². The number of carbonyl (C=O) groups is 1. The Bertz CT molecular complexity index is 590. The van der Waals surface area contributed by atoms with Crippen molar-refractivity contribution in [1.29, 1.82) is 0 Å². The maximum Gasteiger partial charge on any atom is 0.228 e. The first-order valence-electron chi connectivity index (χ1n) is 6.81. The van der Waals surface area contributed by atoms with Crippen LogP contribution in [0.2, 0.25) is 0 Å². The lowest BCUT2D eigenvalue weighted by Gasteiger charge is -2.11. The summed E-state index contributed by atoms with van der Waals surface area (Å²) in [5, 5.41) is 6.03. The van der Waals surface area contributed by atoms with Crippen LogP contribution in [-0.4, -0.2) is 32.4 Å². The van der Waals surface area contributed by atoms with Crippen molar-refractivity contribution in [3.8, 4) is 0 Å². The smallest absolute Gasteiger partial charge is 0.228 e. The minimum atomic E-state index is -3.02. The van der Waals surface area contributed by atoms with Crippen molar-refractivity contribution in [2.24, 2.45) is 5.92 Å². The van der Waals surface area contributed by atoms with E-state index in [0.29, 0.717) is 6.42 Å². The number of sulfone groups is 1. The molecular formula is C14H21ClN2O3S. The zero-order valence-corrected chi connectivity index (χ0v) is 13.6. The summed E-state index contributed by atoms with van der Waals surface area (Å²) in [5.74, 6) is -0.536. The predicted molar refractivity (Wildman–Crippen MR) is 86.5 cm³/mol. The molecule has 5 nitrogen and oxygen atoms in total. The van der Waals surface area contributed by atoms with Crippen molar-refractivity contribution < 1.29 is 13.2 Å². The molecule has 0 aromatic heterocycles. The lowest BCUT2D eigenvalue weighted by molar-refractivity contribution is -0.119. The Morgan fingerprint density at radius 2 is 2.14 bits per heavy atom. The Morgan fingerprint density at radius 3 is 2.76 bits per heavy atom. The van der Waals surface area contributed by atoms with E-state index in [0.717, 1.165) is 24.3 Å². The molecule has 1 fully saturated rings. The summed E-state index contributed by atoms with van der Waals surface area (Å²) in [6, 6.07) is 7.59. The number of rotatable bonds is 5. The van der Waals surface area contributed by atoms with E-state index in [-0.39, 0.29) is 29.8 Å². The molecule has 7 heteroatoms. The maximum atomic E-state index is 12.0. The second-order valence-corrected chi connectivity index (χ2v) is 7.30. The standard InChI is InChI=1S/C14H20N2O3S.ClH/c1-2-15-9-11-4-3-5-13(8-11)16-14(17)12-6-7-20(18,19)10-12;/h3-5,8,12,15H,2,6-7,9-10H2,1H3,(H,16,17);1H. The molecule has 0 spiro atoms. The highest BCUT2D eigenvalue weighted by molar-refractivity contribution is 7.91. The van der Waals surface area contributed by atoms with Gasteiger partial charge in [0.15, 0.2) is 9.84 Å². The van der Waals surface area contributed by atoms with E-state index in [1.165, 1.54) is 0 Å². The van der Waals surface area contributed by atoms with Gasteiger partial charge in [-0.1, -0.05) is 19.1 Å². The average molecular weight is 333 g/mol. The molecule has 1 aliphatic heterocycles. The Labute approximate surface area is 131 Å². The first-order chi connectivity index (χ1) is 9.50. The summed E-state index contributed by atoms with van der Waals surface area (Å²) in [6.07, 6.45) is 0.422. The second-order valence-electron chi connectivity index (χ2n) is 5.07. The molecule has 0 bridgehead atoms. The summed E-state index contributed by atoms with van der Waals surface area (Å²) < 4.78 is 22.8. The fraction of sp³-hybridized carbons (Fsp3) is 0.500. The molecular weight excluding hydrogens is 312 g/mol. The summed E-state index contributed by atoms with van der Waals surface area (Å²) >= 11 is 0. The molecule has 2 N–H and O–H groups in total. The zero-order valence-electron chi connectivity index (χ0n) is 12.0. The number of nitrogens with one attached hydrogen (secondary N) is 2. The van der Waals surface area contributed by atoms with E-state index < -0.39 is 15.8 Å². The number of hydrogen-bond donors (Lipinski definition) is 2. The Balaban J connectivity index is 0.00000220. The fourth-order valence-corrected chi connectivity index (χ4v) is 4.02. The van der Waals surface area contributed by atoms with Gasteiger partial charge >= 0.3 is 0 Å². The molecule has 1 saturated heterocycles. The third-order valence-electron chi connectivity index (χ3n) is 3.38. The predicted octanol–water partition coefficient (Wildman–Crippen LogP) is 1.59. The van der Waals surface area contributed by atoms with Crippen molar-refractivity contribution >= 4 is 33.8 Å². The van der Waals surface area contributed by atoms with Crippen LogP contribution in [0.5, 0.6) is 0 Å². The number of halogens is 1. The SMILES string of the molecule is CCNCc1cccc(NC(=O)C2CCS(=O)(=O)C2)c1.Cl. The number of benzene rings is 1. The van der Waals surface area contributed by atoms with Gasteiger partial charge in [0.05, 0.1) is 17.4 Å². The first kappa shape index (κ1) is 17.9. The summed E-state index contributed by atoms with van der Waals surface area (Å²) in [4.78, 5) is 12.0. The van der Waals surface area contributed by atoms with Gasteiger partial charge in [0, 0.05) is 12.2 Å². The number of hydrogen-bond acceptors (Lipinski definition) is 4. The van der Waals surface area contributed by atoms with Crippen LogP contribution in [0, 0.1) is 5.92 Å². The zero-order chi connectivity index (χ0) is 14.6. The van der Waals surface area contributed by atoms with Crippen LogP contribution in [0.1, 0.15) is 18.9 Å². The molecule has 1 aliphatic rings. The molecule has 1 heterocycles. The van der Waals surface area contributed by atoms with Crippen molar-refractivity contribution in [2.75, 3.05) is 23.4 Å². The highest BCUT2D eigenvalue weighted by Crippen LogP contribution is 2.20. The number of anilines is 1. The third-order valence-corrected chi connectivity index (χ3v) is 5.14. The van der Waals surface area contributed by atoms with Crippen LogP contribution >= 0.6 is 12.4 Å². The molecule has 1 aromatic rings. The lowest BCUT2D eigenvalue weighted by atomic mass is 10.1. The molecule has 0 aliphatic carbocycles. The van der Waals surface area contributed by atoms with E-state index in [9.17, 15) is 13.2 Å². The van der Waals surface area contributed by atoms with Crippen LogP contribution in [0.15, 0.2) is 24.3 Å². The minimum Gasteiger partial charge on any atom is -0.326 e. The quantitative estimate of drug-likeness (QED) is 0.858. The molecule has 1 unspecified atom stereocenters. The van der Waals surface area contributed by atoms with Crippen molar-refractivity contribution in [1.82, 2.24) is 5.32 Å². The van der Waals surface area contributed by atoms with Gasteiger partial charge in [-0.05, 0) is 30.7 Å². The largest absolute Gasteiger partial charge is 0.326 e. The van der Waals surface area contributed by atoms with Gasteiger partial charge in [-0.15, -0.1) is 12.4 Å². The summed E-state index contributed by atoms with van der Waals surface area (Å²) in [6.45, 7) is 3.67. The molecule has 21 heavy (non-hydrogen) atoms. The van der Waals surface area contributed by atoms with Crippen molar-refractivity contribution in [3.05, 3.63) is 29.8 Å². The molecule has 0 saturated carbocycles. The van der Waals surface area contributed by atoms with Crippen molar-refractivity contribution in [3.63, 3.8) is 0 Å². The maximum absolute atomic E-state index is 12.0. The summed E-state index contributed by atoms with van der Waals surface area (Å²) in [5.41, 5.74) is 1.80. The monoisotopic (exact) mass is 332 g/mol. The molecule has 0 radical (unpaired) electrons. The van der Waals surface area contributed by atoms with Gasteiger partial charge in [-0.2, -0.15) is 0 Å². The first-order valence-corrected chi connectivity index (χ1v) is 8.63. The topological polar surface area (TPSA) is 75.3 Å². The van der Waals surface area contributed by atoms with Gasteiger partial charge in [-0.3, -0.25) is 4.79 Å². The van der Waals surface area contributed by atoms with Gasteiger partial charge < -0.3 is 10.6 Å². The highest BCUT2D eigenvalue weighted by Gasteiger charge is 2.32. The van der Waals surface area contributed by atoms with Crippen LogP contribution in [-0.2, 0) is 21.2 Å². The fourth-order valence-electron chi connectivity index (χ4n) is 2.27. The van der Waals surface area contributed by atoms with Crippen LogP contribution in [0.3, 0.4) is 0 Å². The van der Waals surface area contributed by atoms with E-state index in [4.69, 9.17) is 0 Å².